The van der Waals surface area contributed by atoms with Crippen molar-refractivity contribution in [2.45, 2.75) is 5.38 Å². The molecule has 1 atom stereocenters. The fraction of sp³-hybridized carbons (Fsp3) is 0.0667. The van der Waals surface area contributed by atoms with Crippen molar-refractivity contribution in [3.63, 3.8) is 0 Å². The summed E-state index contributed by atoms with van der Waals surface area (Å²) in [6, 6.07) is 15.6. The fourth-order valence-corrected chi connectivity index (χ4v) is 3.06. The molecule has 0 saturated heterocycles. The van der Waals surface area contributed by atoms with Crippen molar-refractivity contribution in [3.05, 3.63) is 69.5 Å². The van der Waals surface area contributed by atoms with Crippen LogP contribution in [0.4, 0.5) is 0 Å². The molecule has 3 aromatic rings. The molecule has 0 amide bonds. The largest absolute Gasteiger partial charge is 0.448 e. The number of fused-ring (bicyclic) bond motifs is 1. The molecule has 1 nitrogen and oxygen atoms in total. The molecule has 96 valence electrons. The van der Waals surface area contributed by atoms with E-state index in [4.69, 9.17) is 27.6 Å². The Bertz CT molecular complexity index is 736. The van der Waals surface area contributed by atoms with E-state index in [1.54, 1.807) is 12.1 Å². The topological polar surface area (TPSA) is 13.1 Å². The van der Waals surface area contributed by atoms with E-state index >= 15 is 0 Å². The molecule has 0 N–H and O–H groups in total. The maximum absolute atomic E-state index is 6.51. The third-order valence-electron chi connectivity index (χ3n) is 3.02. The second kappa shape index (κ2) is 5.20. The Morgan fingerprint density at radius 3 is 2.37 bits per heavy atom. The monoisotopic (exact) mass is 354 g/mol. The van der Waals surface area contributed by atoms with Gasteiger partial charge >= 0.3 is 0 Å². The summed E-state index contributed by atoms with van der Waals surface area (Å²) in [5.74, 6) is 0.652. The molecule has 4 heteroatoms. The van der Waals surface area contributed by atoms with Gasteiger partial charge < -0.3 is 4.42 Å². The van der Waals surface area contributed by atoms with Crippen LogP contribution in [0, 0.1) is 0 Å². The van der Waals surface area contributed by atoms with Gasteiger partial charge in [0.05, 0.1) is 0 Å². The maximum atomic E-state index is 6.51. The zero-order valence-electron chi connectivity index (χ0n) is 9.74. The van der Waals surface area contributed by atoms with Crippen molar-refractivity contribution >= 4 is 49.9 Å². The molecule has 0 saturated carbocycles. The van der Waals surface area contributed by atoms with E-state index in [-0.39, 0.29) is 5.38 Å². The molecule has 19 heavy (non-hydrogen) atoms. The van der Waals surface area contributed by atoms with Gasteiger partial charge in [0.15, 0.2) is 5.22 Å². The minimum Gasteiger partial charge on any atom is -0.448 e. The van der Waals surface area contributed by atoms with Crippen LogP contribution < -0.4 is 0 Å². The highest BCUT2D eigenvalue weighted by Gasteiger charge is 2.18. The second-order valence-electron chi connectivity index (χ2n) is 4.19. The first-order chi connectivity index (χ1) is 9.16. The summed E-state index contributed by atoms with van der Waals surface area (Å²) in [7, 11) is 0. The summed E-state index contributed by atoms with van der Waals surface area (Å²) >= 11 is 15.9. The summed E-state index contributed by atoms with van der Waals surface area (Å²) in [5.41, 5.74) is 1.01. The van der Waals surface area contributed by atoms with Crippen LogP contribution >= 0.6 is 39.1 Å². The number of hydrogen-bond donors (Lipinski definition) is 0. The lowest BCUT2D eigenvalue weighted by molar-refractivity contribution is 0.519. The Hall–Kier alpha value is -0.960. The van der Waals surface area contributed by atoms with Gasteiger partial charge in [-0.2, -0.15) is 0 Å². The third-order valence-corrected chi connectivity index (χ3v) is 4.37. The molecule has 0 spiro atoms. The highest BCUT2D eigenvalue weighted by molar-refractivity contribution is 9.10. The van der Waals surface area contributed by atoms with E-state index in [0.29, 0.717) is 11.0 Å². The Balaban J connectivity index is 2.18. The third kappa shape index (κ3) is 2.40. The summed E-state index contributed by atoms with van der Waals surface area (Å²) in [6.07, 6.45) is 0. The Kier molecular flexibility index (Phi) is 3.57. The quantitative estimate of drug-likeness (QED) is 0.500. The Morgan fingerprint density at radius 2 is 1.68 bits per heavy atom. The van der Waals surface area contributed by atoms with E-state index in [9.17, 15) is 0 Å². The van der Waals surface area contributed by atoms with Crippen LogP contribution in [-0.4, -0.2) is 0 Å². The van der Waals surface area contributed by atoms with Gasteiger partial charge in [-0.3, -0.25) is 0 Å². The molecule has 0 radical (unpaired) electrons. The van der Waals surface area contributed by atoms with Crippen molar-refractivity contribution in [3.8, 4) is 0 Å². The minimum atomic E-state index is -0.356. The fourth-order valence-electron chi connectivity index (χ4n) is 2.12. The smallest absolute Gasteiger partial charge is 0.193 e. The first-order valence-corrected chi connectivity index (χ1v) is 7.34. The van der Waals surface area contributed by atoms with Crippen LogP contribution in [-0.2, 0) is 0 Å². The molecule has 2 aromatic carbocycles. The van der Waals surface area contributed by atoms with Gasteiger partial charge in [-0.25, -0.2) is 0 Å². The number of benzene rings is 2. The highest BCUT2D eigenvalue weighted by Crippen LogP contribution is 2.37. The zero-order chi connectivity index (χ0) is 13.4. The molecule has 1 aromatic heterocycles. The Labute approximate surface area is 129 Å². The first kappa shape index (κ1) is 13.0. The van der Waals surface area contributed by atoms with E-state index in [1.807, 2.05) is 24.3 Å². The number of halogens is 3. The van der Waals surface area contributed by atoms with E-state index in [1.165, 1.54) is 0 Å². The molecule has 0 fully saturated rings. The first-order valence-electron chi connectivity index (χ1n) is 5.73. The summed E-state index contributed by atoms with van der Waals surface area (Å²) in [4.78, 5) is 0. The van der Waals surface area contributed by atoms with Crippen LogP contribution in [0.25, 0.3) is 10.8 Å². The van der Waals surface area contributed by atoms with Crippen molar-refractivity contribution in [1.29, 1.82) is 0 Å². The van der Waals surface area contributed by atoms with E-state index in [0.717, 1.165) is 20.8 Å². The van der Waals surface area contributed by atoms with Crippen molar-refractivity contribution in [1.82, 2.24) is 0 Å². The number of rotatable bonds is 2. The lowest BCUT2D eigenvalue weighted by Crippen LogP contribution is -1.93. The van der Waals surface area contributed by atoms with E-state index < -0.39 is 0 Å². The van der Waals surface area contributed by atoms with Crippen LogP contribution in [0.5, 0.6) is 0 Å². The number of furan rings is 1. The maximum Gasteiger partial charge on any atom is 0.193 e. The predicted octanol–water partition coefficient (Wildman–Crippen LogP) is 6.18. The molecule has 3 rings (SSSR count). The van der Waals surface area contributed by atoms with Gasteiger partial charge in [0, 0.05) is 4.47 Å². The molecule has 0 aliphatic heterocycles. The predicted molar refractivity (Wildman–Crippen MR) is 83.1 cm³/mol. The molecule has 1 unspecified atom stereocenters. The lowest BCUT2D eigenvalue weighted by atomic mass is 10.0. The number of hydrogen-bond acceptors (Lipinski definition) is 1. The molecule has 0 aliphatic carbocycles. The van der Waals surface area contributed by atoms with Crippen LogP contribution in [0.1, 0.15) is 16.7 Å². The van der Waals surface area contributed by atoms with Gasteiger partial charge in [-0.05, 0) is 46.1 Å². The van der Waals surface area contributed by atoms with Gasteiger partial charge in [-0.1, -0.05) is 46.3 Å². The summed E-state index contributed by atoms with van der Waals surface area (Å²) in [6.45, 7) is 0. The van der Waals surface area contributed by atoms with Crippen molar-refractivity contribution < 1.29 is 4.42 Å². The summed E-state index contributed by atoms with van der Waals surface area (Å²) < 4.78 is 6.45. The average Bonchev–Trinajstić information content (AvgIpc) is 2.86. The van der Waals surface area contributed by atoms with Crippen LogP contribution in [0.15, 0.2) is 57.4 Å². The zero-order valence-corrected chi connectivity index (χ0v) is 12.8. The molecule has 0 aliphatic rings. The van der Waals surface area contributed by atoms with Gasteiger partial charge in [0.25, 0.3) is 0 Å². The summed E-state index contributed by atoms with van der Waals surface area (Å²) in [5, 5.41) is 2.22. The molecular formula is C15H9BrCl2O. The van der Waals surface area contributed by atoms with Gasteiger partial charge in [0.1, 0.15) is 11.1 Å². The van der Waals surface area contributed by atoms with Crippen molar-refractivity contribution in [2.75, 3.05) is 0 Å². The molecule has 1 heterocycles. The highest BCUT2D eigenvalue weighted by atomic mass is 79.9. The average molecular weight is 356 g/mol. The minimum absolute atomic E-state index is 0.349. The normalized spacial score (nSPS) is 12.8. The van der Waals surface area contributed by atoms with Crippen LogP contribution in [0.3, 0.4) is 0 Å². The van der Waals surface area contributed by atoms with E-state index in [2.05, 4.69) is 28.1 Å². The number of alkyl halides is 1. The van der Waals surface area contributed by atoms with Gasteiger partial charge in [0.2, 0.25) is 0 Å². The van der Waals surface area contributed by atoms with Gasteiger partial charge in [-0.15, -0.1) is 11.6 Å². The standard InChI is InChI=1S/C15H9BrCl2O/c16-12-6-5-11(9-3-1-2-4-10(9)12)15(18)13-7-8-14(17)19-13/h1-8,15H. The molecular weight excluding hydrogens is 347 g/mol. The SMILES string of the molecule is Clc1ccc(C(Cl)c2ccc(Br)c3ccccc23)o1. The van der Waals surface area contributed by atoms with Crippen LogP contribution in [0.2, 0.25) is 5.22 Å². The lowest BCUT2D eigenvalue weighted by Gasteiger charge is -2.12. The molecule has 0 bridgehead atoms. The second-order valence-corrected chi connectivity index (χ2v) is 5.85. The van der Waals surface area contributed by atoms with Crippen molar-refractivity contribution in [2.24, 2.45) is 0 Å². The Morgan fingerprint density at radius 1 is 0.947 bits per heavy atom.